The average Bonchev–Trinajstić information content (AvgIpc) is 3.12. The lowest BCUT2D eigenvalue weighted by atomic mass is 10.1. The van der Waals surface area contributed by atoms with Gasteiger partial charge in [-0.15, -0.1) is 0 Å². The van der Waals surface area contributed by atoms with Crippen molar-refractivity contribution in [1.82, 2.24) is 0 Å². The molecule has 1 N–H and O–H groups in total. The highest BCUT2D eigenvalue weighted by Gasteiger charge is 2.27. The van der Waals surface area contributed by atoms with Crippen LogP contribution in [0.15, 0.2) is 30.3 Å². The summed E-state index contributed by atoms with van der Waals surface area (Å²) in [6.07, 6.45) is -0.316. The molecule has 4 rings (SSSR count). The quantitative estimate of drug-likeness (QED) is 0.754. The van der Waals surface area contributed by atoms with Crippen molar-refractivity contribution in [2.45, 2.75) is 32.5 Å². The minimum atomic E-state index is -1.000. The number of anilines is 1. The molecule has 2 heterocycles. The highest BCUT2D eigenvalue weighted by molar-refractivity contribution is 5.98. The van der Waals surface area contributed by atoms with E-state index in [1.54, 1.807) is 30.3 Å². The van der Waals surface area contributed by atoms with E-state index in [1.165, 1.54) is 14.0 Å². The van der Waals surface area contributed by atoms with Gasteiger partial charge < -0.3 is 29.0 Å². The number of nitrogens with one attached hydrogen (secondary N) is 1. The van der Waals surface area contributed by atoms with E-state index in [-0.39, 0.29) is 6.10 Å². The van der Waals surface area contributed by atoms with Gasteiger partial charge in [0.1, 0.15) is 19.3 Å². The third-order valence-electron chi connectivity index (χ3n) is 4.88. The molecule has 2 aromatic carbocycles. The summed E-state index contributed by atoms with van der Waals surface area (Å²) in [5.74, 6) is 1.24. The first-order chi connectivity index (χ1) is 14.4. The van der Waals surface area contributed by atoms with Crippen molar-refractivity contribution in [3.05, 3.63) is 41.5 Å². The van der Waals surface area contributed by atoms with Crippen LogP contribution in [0.2, 0.25) is 0 Å². The number of rotatable bonds is 5. The van der Waals surface area contributed by atoms with Gasteiger partial charge in [-0.3, -0.25) is 4.79 Å². The van der Waals surface area contributed by atoms with Crippen LogP contribution in [0.25, 0.3) is 0 Å². The van der Waals surface area contributed by atoms with Gasteiger partial charge in [-0.2, -0.15) is 0 Å². The Labute approximate surface area is 174 Å². The van der Waals surface area contributed by atoms with Gasteiger partial charge in [0, 0.05) is 23.7 Å². The molecule has 1 amide bonds. The molecule has 0 aliphatic carbocycles. The fourth-order valence-corrected chi connectivity index (χ4v) is 3.41. The van der Waals surface area contributed by atoms with E-state index in [2.05, 4.69) is 5.32 Å². The van der Waals surface area contributed by atoms with E-state index >= 15 is 0 Å². The lowest BCUT2D eigenvalue weighted by Crippen LogP contribution is -2.30. The number of carbonyl (C=O) groups is 2. The van der Waals surface area contributed by atoms with Crippen molar-refractivity contribution in [3.8, 4) is 23.0 Å². The maximum atomic E-state index is 12.6. The maximum Gasteiger partial charge on any atom is 0.339 e. The van der Waals surface area contributed by atoms with Crippen LogP contribution in [-0.4, -0.2) is 44.4 Å². The van der Waals surface area contributed by atoms with Crippen molar-refractivity contribution in [3.63, 3.8) is 0 Å². The lowest BCUT2D eigenvalue weighted by Gasteiger charge is -2.19. The second-order valence-corrected chi connectivity index (χ2v) is 7.19. The van der Waals surface area contributed by atoms with E-state index in [9.17, 15) is 9.59 Å². The first-order valence-corrected chi connectivity index (χ1v) is 9.73. The molecule has 0 bridgehead atoms. The SMILES string of the molecule is COc1cc(C(=O)O[C@@H](C)C(=O)Nc2ccc3c(c2)OCCO3)cc2c1O[C@H](C)C2. The third kappa shape index (κ3) is 3.98. The molecule has 0 saturated heterocycles. The van der Waals surface area contributed by atoms with Gasteiger partial charge in [-0.1, -0.05) is 0 Å². The number of benzene rings is 2. The number of hydrogen-bond acceptors (Lipinski definition) is 7. The molecule has 0 unspecified atom stereocenters. The molecule has 2 aliphatic heterocycles. The molecule has 8 nitrogen and oxygen atoms in total. The maximum absolute atomic E-state index is 12.6. The first-order valence-electron chi connectivity index (χ1n) is 9.73. The summed E-state index contributed by atoms with van der Waals surface area (Å²) in [6, 6.07) is 8.38. The van der Waals surface area contributed by atoms with Gasteiger partial charge >= 0.3 is 5.97 Å². The Morgan fingerprint density at radius 3 is 2.67 bits per heavy atom. The fourth-order valence-electron chi connectivity index (χ4n) is 3.41. The smallest absolute Gasteiger partial charge is 0.339 e. The van der Waals surface area contributed by atoms with E-state index in [1.807, 2.05) is 6.92 Å². The van der Waals surface area contributed by atoms with Gasteiger partial charge in [0.05, 0.1) is 12.7 Å². The highest BCUT2D eigenvalue weighted by Crippen LogP contribution is 2.39. The minimum Gasteiger partial charge on any atom is -0.493 e. The number of amides is 1. The molecule has 0 radical (unpaired) electrons. The molecule has 30 heavy (non-hydrogen) atoms. The molecular weight excluding hydrogens is 390 g/mol. The summed E-state index contributed by atoms with van der Waals surface area (Å²) in [5.41, 5.74) is 1.71. The molecule has 0 fully saturated rings. The Morgan fingerprint density at radius 1 is 1.13 bits per heavy atom. The predicted molar refractivity (Wildman–Crippen MR) is 108 cm³/mol. The van der Waals surface area contributed by atoms with Crippen LogP contribution >= 0.6 is 0 Å². The summed E-state index contributed by atoms with van der Waals surface area (Å²) >= 11 is 0. The zero-order chi connectivity index (χ0) is 21.3. The van der Waals surface area contributed by atoms with Crippen LogP contribution in [-0.2, 0) is 16.0 Å². The number of fused-ring (bicyclic) bond motifs is 2. The third-order valence-corrected chi connectivity index (χ3v) is 4.88. The molecule has 0 spiro atoms. The van der Waals surface area contributed by atoms with Gasteiger partial charge in [0.2, 0.25) is 0 Å². The lowest BCUT2D eigenvalue weighted by molar-refractivity contribution is -0.123. The van der Waals surface area contributed by atoms with E-state index in [4.69, 9.17) is 23.7 Å². The number of carbonyl (C=O) groups excluding carboxylic acids is 2. The van der Waals surface area contributed by atoms with Crippen LogP contribution in [0, 0.1) is 0 Å². The van der Waals surface area contributed by atoms with Gasteiger partial charge in [-0.25, -0.2) is 4.79 Å². The molecule has 0 aromatic heterocycles. The largest absolute Gasteiger partial charge is 0.493 e. The Morgan fingerprint density at radius 2 is 1.90 bits per heavy atom. The second kappa shape index (κ2) is 8.14. The molecule has 0 saturated carbocycles. The monoisotopic (exact) mass is 413 g/mol. The van der Waals surface area contributed by atoms with Gasteiger partial charge in [-0.05, 0) is 38.1 Å². The minimum absolute atomic E-state index is 0.0101. The summed E-state index contributed by atoms with van der Waals surface area (Å²) in [4.78, 5) is 25.1. The van der Waals surface area contributed by atoms with Crippen LogP contribution in [0.3, 0.4) is 0 Å². The Hall–Kier alpha value is -3.42. The molecule has 2 atom stereocenters. The molecule has 2 aromatic rings. The van der Waals surface area contributed by atoms with Gasteiger partial charge in [0.15, 0.2) is 29.1 Å². The molecule has 158 valence electrons. The van der Waals surface area contributed by atoms with E-state index in [0.717, 1.165) is 5.56 Å². The Kier molecular flexibility index (Phi) is 5.39. The summed E-state index contributed by atoms with van der Waals surface area (Å²) < 4.78 is 27.4. The highest BCUT2D eigenvalue weighted by atomic mass is 16.6. The Balaban J connectivity index is 1.42. The fraction of sp³-hybridized carbons (Fsp3) is 0.364. The van der Waals surface area contributed by atoms with Crippen molar-refractivity contribution in [2.75, 3.05) is 25.6 Å². The topological polar surface area (TPSA) is 92.3 Å². The van der Waals surface area contributed by atoms with Crippen LogP contribution in [0.1, 0.15) is 29.8 Å². The van der Waals surface area contributed by atoms with Gasteiger partial charge in [0.25, 0.3) is 5.91 Å². The van der Waals surface area contributed by atoms with Crippen LogP contribution in [0.4, 0.5) is 5.69 Å². The van der Waals surface area contributed by atoms with E-state index in [0.29, 0.717) is 53.9 Å². The predicted octanol–water partition coefficient (Wildman–Crippen LogP) is 2.97. The first kappa shape index (κ1) is 19.9. The van der Waals surface area contributed by atoms with Crippen molar-refractivity contribution in [1.29, 1.82) is 0 Å². The zero-order valence-electron chi connectivity index (χ0n) is 17.0. The summed E-state index contributed by atoms with van der Waals surface area (Å²) in [6.45, 7) is 4.40. The van der Waals surface area contributed by atoms with Crippen molar-refractivity contribution < 1.29 is 33.3 Å². The zero-order valence-corrected chi connectivity index (χ0v) is 17.0. The van der Waals surface area contributed by atoms with E-state index < -0.39 is 18.0 Å². The van der Waals surface area contributed by atoms with Crippen molar-refractivity contribution in [2.24, 2.45) is 0 Å². The normalized spacial score (nSPS) is 17.4. The summed E-state index contributed by atoms with van der Waals surface area (Å²) in [5, 5.41) is 2.72. The number of esters is 1. The average molecular weight is 413 g/mol. The number of hydrogen-bond donors (Lipinski definition) is 1. The molecule has 2 aliphatic rings. The number of ether oxygens (including phenoxy) is 5. The molecular formula is C22H23NO7. The Bertz CT molecular complexity index is 988. The number of methoxy groups -OCH3 is 1. The summed E-state index contributed by atoms with van der Waals surface area (Å²) in [7, 11) is 1.51. The molecule has 8 heteroatoms. The van der Waals surface area contributed by atoms with Crippen LogP contribution in [0.5, 0.6) is 23.0 Å². The van der Waals surface area contributed by atoms with Crippen molar-refractivity contribution >= 4 is 17.6 Å². The second-order valence-electron chi connectivity index (χ2n) is 7.19. The van der Waals surface area contributed by atoms with Crippen LogP contribution < -0.4 is 24.3 Å². The standard InChI is InChI=1S/C22H23NO7/c1-12-8-14-9-15(10-19(26-3)20(14)29-12)22(25)30-13(2)21(24)23-16-4-5-17-18(11-16)28-7-6-27-17/h4-5,9-13H,6-8H2,1-3H3,(H,23,24)/t12-,13+/m1/s1.